The zero-order valence-corrected chi connectivity index (χ0v) is 25.6. The van der Waals surface area contributed by atoms with E-state index in [-0.39, 0.29) is 35.2 Å². The van der Waals surface area contributed by atoms with Crippen LogP contribution < -0.4 is 4.74 Å². The number of pyridine rings is 1. The molecule has 10 heteroatoms. The van der Waals surface area contributed by atoms with E-state index in [0.717, 1.165) is 68.6 Å². The number of nitriles is 1. The number of rotatable bonds is 12. The standard InChI is InChI=1S/C36H36FN5O4/c37-28-18-25(34(43)24-4-5-24)6-7-27(28)21-46-33-3-1-2-29(40-33)23-10-16-41(17-11-23)20-32-39-30-19-26(35(44)45)8-9-31(30)42(32)22-36(12-13-36)14-15-38/h1-3,6-9,18-19,23-24H,4-5,10-14,16-17,20-22H2,(H,44,45). The summed E-state index contributed by atoms with van der Waals surface area (Å²) in [4.78, 5) is 35.9. The number of hydrogen-bond donors (Lipinski definition) is 1. The van der Waals surface area contributed by atoms with Crippen molar-refractivity contribution in [1.29, 1.82) is 5.26 Å². The average Bonchev–Trinajstić information content (AvgIpc) is 4.00. The topological polar surface area (TPSA) is 121 Å². The van der Waals surface area contributed by atoms with Gasteiger partial charge < -0.3 is 14.4 Å². The van der Waals surface area contributed by atoms with Crippen LogP contribution in [0, 0.1) is 28.5 Å². The number of halogens is 1. The van der Waals surface area contributed by atoms with Crippen LogP contribution in [0.3, 0.4) is 0 Å². The van der Waals surface area contributed by atoms with Crippen molar-refractivity contribution in [3.05, 3.63) is 88.6 Å². The molecule has 0 radical (unpaired) electrons. The number of imidazole rings is 1. The average molecular weight is 622 g/mol. The van der Waals surface area contributed by atoms with Gasteiger partial charge in [0.15, 0.2) is 5.78 Å². The smallest absolute Gasteiger partial charge is 0.335 e. The molecule has 46 heavy (non-hydrogen) atoms. The van der Waals surface area contributed by atoms with Gasteiger partial charge in [-0.05, 0) is 81.9 Å². The van der Waals surface area contributed by atoms with Gasteiger partial charge in [-0.3, -0.25) is 9.69 Å². The summed E-state index contributed by atoms with van der Waals surface area (Å²) in [6.07, 6.45) is 6.11. The highest BCUT2D eigenvalue weighted by Crippen LogP contribution is 2.50. The van der Waals surface area contributed by atoms with E-state index in [0.29, 0.717) is 42.0 Å². The fourth-order valence-electron chi connectivity index (χ4n) is 6.56. The Hall–Kier alpha value is -4.62. The first-order chi connectivity index (χ1) is 22.3. The Labute approximate surface area is 266 Å². The highest BCUT2D eigenvalue weighted by molar-refractivity contribution is 5.99. The van der Waals surface area contributed by atoms with Crippen LogP contribution in [0.15, 0.2) is 54.6 Å². The number of aromatic nitrogens is 3. The molecule has 0 bridgehead atoms. The van der Waals surface area contributed by atoms with Crippen LogP contribution in [-0.4, -0.2) is 49.4 Å². The molecule has 1 aliphatic heterocycles. The summed E-state index contributed by atoms with van der Waals surface area (Å²) in [5.41, 5.74) is 3.51. The van der Waals surface area contributed by atoms with Gasteiger partial charge in [0, 0.05) is 53.1 Å². The highest BCUT2D eigenvalue weighted by Gasteiger charge is 2.43. The number of Topliss-reactive ketones (excluding diaryl/α,β-unsaturated/α-hetero) is 1. The molecule has 0 amide bonds. The fraction of sp³-hybridized carbons (Fsp3) is 0.417. The molecule has 9 nitrogen and oxygen atoms in total. The molecule has 0 spiro atoms. The molecular weight excluding hydrogens is 585 g/mol. The van der Waals surface area contributed by atoms with Crippen LogP contribution in [0.25, 0.3) is 11.0 Å². The number of hydrogen-bond acceptors (Lipinski definition) is 7. The first-order valence-corrected chi connectivity index (χ1v) is 16.0. The van der Waals surface area contributed by atoms with E-state index < -0.39 is 11.8 Å². The van der Waals surface area contributed by atoms with Crippen molar-refractivity contribution in [2.24, 2.45) is 11.3 Å². The van der Waals surface area contributed by atoms with Gasteiger partial charge in [0.25, 0.3) is 0 Å². The summed E-state index contributed by atoms with van der Waals surface area (Å²) in [6, 6.07) is 17.8. The SMILES string of the molecule is N#CCC1(Cn2c(CN3CCC(c4cccc(OCc5ccc(C(=O)C6CC6)cc5F)n4)CC3)nc3cc(C(=O)O)ccc32)CC1. The Morgan fingerprint density at radius 2 is 1.80 bits per heavy atom. The van der Waals surface area contributed by atoms with E-state index in [2.05, 4.69) is 15.5 Å². The lowest BCUT2D eigenvalue weighted by Crippen LogP contribution is -2.34. The Bertz CT molecular complexity index is 1850. The van der Waals surface area contributed by atoms with Gasteiger partial charge in [0.2, 0.25) is 5.88 Å². The maximum Gasteiger partial charge on any atom is 0.335 e. The molecular formula is C36H36FN5O4. The minimum absolute atomic E-state index is 0.0158. The number of benzene rings is 2. The van der Waals surface area contributed by atoms with Crippen LogP contribution in [0.5, 0.6) is 5.88 Å². The Morgan fingerprint density at radius 1 is 1.02 bits per heavy atom. The summed E-state index contributed by atoms with van der Waals surface area (Å²) in [5.74, 6) is 0.238. The largest absolute Gasteiger partial charge is 0.478 e. The number of ketones is 1. The molecule has 4 aromatic rings. The van der Waals surface area contributed by atoms with Gasteiger partial charge in [-0.2, -0.15) is 5.26 Å². The van der Waals surface area contributed by atoms with Gasteiger partial charge in [0.05, 0.1) is 29.2 Å². The second-order valence-corrected chi connectivity index (χ2v) is 13.1. The molecule has 7 rings (SSSR count). The van der Waals surface area contributed by atoms with Crippen molar-refractivity contribution >= 4 is 22.8 Å². The molecule has 3 fully saturated rings. The van der Waals surface area contributed by atoms with Crippen molar-refractivity contribution in [2.45, 2.75) is 70.6 Å². The highest BCUT2D eigenvalue weighted by atomic mass is 19.1. The summed E-state index contributed by atoms with van der Waals surface area (Å²) in [5, 5.41) is 18.9. The number of piperidine rings is 1. The molecule has 1 saturated heterocycles. The lowest BCUT2D eigenvalue weighted by Gasteiger charge is -2.31. The number of carbonyl (C=O) groups excluding carboxylic acids is 1. The normalized spacial score (nSPS) is 17.9. The van der Waals surface area contributed by atoms with Crippen molar-refractivity contribution in [1.82, 2.24) is 19.4 Å². The number of fused-ring (bicyclic) bond motifs is 1. The predicted molar refractivity (Wildman–Crippen MR) is 168 cm³/mol. The molecule has 0 atom stereocenters. The zero-order chi connectivity index (χ0) is 31.8. The number of ether oxygens (including phenoxy) is 1. The summed E-state index contributed by atoms with van der Waals surface area (Å²) < 4.78 is 22.8. The maximum atomic E-state index is 14.7. The van der Waals surface area contributed by atoms with Crippen molar-refractivity contribution < 1.29 is 23.8 Å². The minimum Gasteiger partial charge on any atom is -0.478 e. The van der Waals surface area contributed by atoms with Gasteiger partial charge in [0.1, 0.15) is 18.2 Å². The maximum absolute atomic E-state index is 14.7. The third kappa shape index (κ3) is 6.38. The second kappa shape index (κ2) is 12.3. The predicted octanol–water partition coefficient (Wildman–Crippen LogP) is 6.51. The summed E-state index contributed by atoms with van der Waals surface area (Å²) >= 11 is 0. The summed E-state index contributed by atoms with van der Waals surface area (Å²) in [7, 11) is 0. The fourth-order valence-corrected chi connectivity index (χ4v) is 6.56. The lowest BCUT2D eigenvalue weighted by molar-refractivity contribution is 0.0696. The first-order valence-electron chi connectivity index (χ1n) is 16.0. The molecule has 2 aliphatic carbocycles. The first kappa shape index (κ1) is 30.1. The number of aromatic carboxylic acids is 1. The molecule has 236 valence electrons. The molecule has 3 heterocycles. The Balaban J connectivity index is 0.993. The molecule has 0 unspecified atom stereocenters. The van der Waals surface area contributed by atoms with E-state index in [9.17, 15) is 24.3 Å². The van der Waals surface area contributed by atoms with Gasteiger partial charge in [-0.15, -0.1) is 0 Å². The molecule has 1 N–H and O–H groups in total. The van der Waals surface area contributed by atoms with Gasteiger partial charge in [-0.25, -0.2) is 19.2 Å². The van der Waals surface area contributed by atoms with Crippen LogP contribution in [0.1, 0.15) is 88.7 Å². The summed E-state index contributed by atoms with van der Waals surface area (Å²) in [6.45, 7) is 3.07. The molecule has 3 aliphatic rings. The third-order valence-electron chi connectivity index (χ3n) is 9.76. The van der Waals surface area contributed by atoms with Crippen molar-refractivity contribution in [2.75, 3.05) is 13.1 Å². The lowest BCUT2D eigenvalue weighted by atomic mass is 9.93. The van der Waals surface area contributed by atoms with E-state index in [1.807, 2.05) is 18.2 Å². The van der Waals surface area contributed by atoms with Crippen molar-refractivity contribution in [3.8, 4) is 11.9 Å². The van der Waals surface area contributed by atoms with Crippen molar-refractivity contribution in [3.63, 3.8) is 0 Å². The third-order valence-corrected chi connectivity index (χ3v) is 9.76. The Morgan fingerprint density at radius 3 is 2.50 bits per heavy atom. The molecule has 2 aromatic carbocycles. The Kier molecular flexibility index (Phi) is 8.03. The van der Waals surface area contributed by atoms with Crippen LogP contribution in [-0.2, 0) is 19.7 Å². The zero-order valence-electron chi connectivity index (χ0n) is 25.6. The van der Waals surface area contributed by atoms with E-state index >= 15 is 0 Å². The van der Waals surface area contributed by atoms with Crippen LogP contribution in [0.2, 0.25) is 0 Å². The minimum atomic E-state index is -0.978. The quantitative estimate of drug-likeness (QED) is 0.178. The number of carboxylic acid groups (broad SMARTS) is 1. The number of likely N-dealkylation sites (tertiary alicyclic amines) is 1. The monoisotopic (exact) mass is 621 g/mol. The van der Waals surface area contributed by atoms with E-state index in [1.54, 1.807) is 30.3 Å². The van der Waals surface area contributed by atoms with Crippen LogP contribution >= 0.6 is 0 Å². The number of carboxylic acids is 1. The second-order valence-electron chi connectivity index (χ2n) is 13.1. The van der Waals surface area contributed by atoms with Gasteiger partial charge in [-0.1, -0.05) is 18.2 Å². The van der Waals surface area contributed by atoms with Gasteiger partial charge >= 0.3 is 5.97 Å². The van der Waals surface area contributed by atoms with E-state index in [1.165, 1.54) is 6.07 Å². The van der Waals surface area contributed by atoms with E-state index in [4.69, 9.17) is 14.7 Å². The molecule has 2 saturated carbocycles. The number of nitrogens with zero attached hydrogens (tertiary/aromatic N) is 5. The molecule has 2 aromatic heterocycles. The number of carbonyl (C=O) groups is 2. The van der Waals surface area contributed by atoms with Crippen LogP contribution in [0.4, 0.5) is 4.39 Å².